The number of hydrogen-bond donors (Lipinski definition) is 2. The highest BCUT2D eigenvalue weighted by Gasteiger charge is 2.37. The maximum atomic E-state index is 10.9. The van der Waals surface area contributed by atoms with Gasteiger partial charge in [0.15, 0.2) is 0 Å². The normalized spacial score (nSPS) is 20.2. The number of nitrogens with zero attached hydrogens (tertiary/aromatic N) is 1. The van der Waals surface area contributed by atoms with Gasteiger partial charge in [-0.05, 0) is 19.4 Å². The van der Waals surface area contributed by atoms with Crippen LogP contribution in [0.1, 0.15) is 32.6 Å². The van der Waals surface area contributed by atoms with E-state index in [2.05, 4.69) is 11.8 Å². The smallest absolute Gasteiger partial charge is 0.231 e. The van der Waals surface area contributed by atoms with Crippen LogP contribution in [0.3, 0.4) is 0 Å². The zero-order chi connectivity index (χ0) is 10.6. The van der Waals surface area contributed by atoms with Crippen molar-refractivity contribution < 1.29 is 4.79 Å². The van der Waals surface area contributed by atoms with Crippen molar-refractivity contribution in [2.75, 3.05) is 19.6 Å². The molecule has 1 aliphatic rings. The standard InChI is InChI=1S/C10H21N3O/c1-2-13(7-9(12)14)10(8-11)5-3-4-6-10/h2-8,11H2,1H3,(H2,12,14). The lowest BCUT2D eigenvalue weighted by Gasteiger charge is -2.39. The summed E-state index contributed by atoms with van der Waals surface area (Å²) in [6.07, 6.45) is 4.63. The highest BCUT2D eigenvalue weighted by molar-refractivity contribution is 5.76. The highest BCUT2D eigenvalue weighted by Crippen LogP contribution is 2.34. The minimum absolute atomic E-state index is 0.0454. The lowest BCUT2D eigenvalue weighted by molar-refractivity contribution is -0.120. The summed E-state index contributed by atoms with van der Waals surface area (Å²) in [5.74, 6) is -0.258. The molecule has 1 fully saturated rings. The molecule has 0 atom stereocenters. The van der Waals surface area contributed by atoms with Crippen molar-refractivity contribution in [2.24, 2.45) is 11.5 Å². The van der Waals surface area contributed by atoms with E-state index in [1.807, 2.05) is 0 Å². The van der Waals surface area contributed by atoms with E-state index in [0.717, 1.165) is 19.4 Å². The Bertz CT molecular complexity index is 200. The van der Waals surface area contributed by atoms with E-state index in [9.17, 15) is 4.79 Å². The quantitative estimate of drug-likeness (QED) is 0.658. The number of carbonyl (C=O) groups excluding carboxylic acids is 1. The predicted molar refractivity (Wildman–Crippen MR) is 56.7 cm³/mol. The maximum Gasteiger partial charge on any atom is 0.231 e. The third-order valence-electron chi connectivity index (χ3n) is 3.31. The van der Waals surface area contributed by atoms with Gasteiger partial charge in [0.05, 0.1) is 6.54 Å². The van der Waals surface area contributed by atoms with Crippen molar-refractivity contribution in [1.29, 1.82) is 0 Å². The Labute approximate surface area is 85.6 Å². The molecule has 14 heavy (non-hydrogen) atoms. The van der Waals surface area contributed by atoms with Crippen molar-refractivity contribution in [3.63, 3.8) is 0 Å². The van der Waals surface area contributed by atoms with Crippen LogP contribution in [0.5, 0.6) is 0 Å². The molecule has 82 valence electrons. The van der Waals surface area contributed by atoms with Crippen LogP contribution in [-0.4, -0.2) is 36.0 Å². The Morgan fingerprint density at radius 1 is 1.43 bits per heavy atom. The van der Waals surface area contributed by atoms with Crippen LogP contribution in [-0.2, 0) is 4.79 Å². The number of likely N-dealkylation sites (N-methyl/N-ethyl adjacent to an activating group) is 1. The third kappa shape index (κ3) is 2.25. The van der Waals surface area contributed by atoms with E-state index >= 15 is 0 Å². The molecule has 0 radical (unpaired) electrons. The average molecular weight is 199 g/mol. The van der Waals surface area contributed by atoms with E-state index in [-0.39, 0.29) is 11.4 Å². The summed E-state index contributed by atoms with van der Waals surface area (Å²) in [7, 11) is 0. The fourth-order valence-corrected chi connectivity index (χ4v) is 2.49. The SMILES string of the molecule is CCN(CC(N)=O)C1(CN)CCCC1. The van der Waals surface area contributed by atoms with Crippen molar-refractivity contribution >= 4 is 5.91 Å². The Morgan fingerprint density at radius 2 is 2.00 bits per heavy atom. The molecule has 0 heterocycles. The topological polar surface area (TPSA) is 72.3 Å². The summed E-state index contributed by atoms with van der Waals surface area (Å²) < 4.78 is 0. The van der Waals surface area contributed by atoms with Gasteiger partial charge < -0.3 is 11.5 Å². The summed E-state index contributed by atoms with van der Waals surface area (Å²) in [5.41, 5.74) is 11.1. The van der Waals surface area contributed by atoms with E-state index in [4.69, 9.17) is 11.5 Å². The molecule has 4 nitrogen and oxygen atoms in total. The first kappa shape index (κ1) is 11.5. The van der Waals surface area contributed by atoms with Crippen molar-refractivity contribution in [2.45, 2.75) is 38.1 Å². The van der Waals surface area contributed by atoms with Gasteiger partial charge in [0.2, 0.25) is 5.91 Å². The van der Waals surface area contributed by atoms with Crippen LogP contribution < -0.4 is 11.5 Å². The van der Waals surface area contributed by atoms with Crippen LogP contribution >= 0.6 is 0 Å². The summed E-state index contributed by atoms with van der Waals surface area (Å²) in [4.78, 5) is 13.1. The van der Waals surface area contributed by atoms with Crippen LogP contribution in [0.25, 0.3) is 0 Å². The maximum absolute atomic E-state index is 10.9. The Hall–Kier alpha value is -0.610. The van der Waals surface area contributed by atoms with Gasteiger partial charge >= 0.3 is 0 Å². The van der Waals surface area contributed by atoms with Gasteiger partial charge in [-0.1, -0.05) is 19.8 Å². The second-order valence-electron chi connectivity index (χ2n) is 4.12. The van der Waals surface area contributed by atoms with Crippen LogP contribution in [0, 0.1) is 0 Å². The molecule has 0 aliphatic heterocycles. The van der Waals surface area contributed by atoms with Gasteiger partial charge in [-0.25, -0.2) is 0 Å². The molecular formula is C10H21N3O. The van der Waals surface area contributed by atoms with E-state index in [0.29, 0.717) is 13.1 Å². The molecule has 4 N–H and O–H groups in total. The van der Waals surface area contributed by atoms with Gasteiger partial charge in [0.1, 0.15) is 0 Å². The lowest BCUT2D eigenvalue weighted by atomic mass is 9.95. The number of hydrogen-bond acceptors (Lipinski definition) is 3. The molecule has 0 aromatic rings. The molecule has 0 aromatic heterocycles. The monoisotopic (exact) mass is 199 g/mol. The van der Waals surface area contributed by atoms with Gasteiger partial charge in [-0.15, -0.1) is 0 Å². The summed E-state index contributed by atoms with van der Waals surface area (Å²) in [5, 5.41) is 0. The van der Waals surface area contributed by atoms with Gasteiger partial charge in [-0.2, -0.15) is 0 Å². The van der Waals surface area contributed by atoms with Crippen molar-refractivity contribution in [3.05, 3.63) is 0 Å². The number of amides is 1. The van der Waals surface area contributed by atoms with Crippen LogP contribution in [0.2, 0.25) is 0 Å². The predicted octanol–water partition coefficient (Wildman–Crippen LogP) is 0.0651. The zero-order valence-corrected chi connectivity index (χ0v) is 8.96. The minimum Gasteiger partial charge on any atom is -0.369 e. The largest absolute Gasteiger partial charge is 0.369 e. The fourth-order valence-electron chi connectivity index (χ4n) is 2.49. The second kappa shape index (κ2) is 4.75. The molecule has 0 aromatic carbocycles. The summed E-state index contributed by atoms with van der Waals surface area (Å²) in [6, 6.07) is 0. The molecule has 0 saturated heterocycles. The molecule has 1 amide bonds. The van der Waals surface area contributed by atoms with Crippen molar-refractivity contribution in [3.8, 4) is 0 Å². The molecule has 0 bridgehead atoms. The van der Waals surface area contributed by atoms with Crippen LogP contribution in [0.15, 0.2) is 0 Å². The van der Waals surface area contributed by atoms with Crippen LogP contribution in [0.4, 0.5) is 0 Å². The molecule has 1 aliphatic carbocycles. The number of carbonyl (C=O) groups is 1. The fraction of sp³-hybridized carbons (Fsp3) is 0.900. The first-order chi connectivity index (χ1) is 6.64. The molecule has 0 spiro atoms. The lowest BCUT2D eigenvalue weighted by Crippen LogP contribution is -2.54. The summed E-state index contributed by atoms with van der Waals surface area (Å²) >= 11 is 0. The first-order valence-corrected chi connectivity index (χ1v) is 5.38. The first-order valence-electron chi connectivity index (χ1n) is 5.38. The molecule has 0 unspecified atom stereocenters. The van der Waals surface area contributed by atoms with Gasteiger partial charge in [0, 0.05) is 12.1 Å². The Morgan fingerprint density at radius 3 is 2.36 bits per heavy atom. The Kier molecular flexibility index (Phi) is 3.89. The second-order valence-corrected chi connectivity index (χ2v) is 4.12. The van der Waals surface area contributed by atoms with Gasteiger partial charge in [0.25, 0.3) is 0 Å². The van der Waals surface area contributed by atoms with Crippen molar-refractivity contribution in [1.82, 2.24) is 4.90 Å². The summed E-state index contributed by atoms with van der Waals surface area (Å²) in [6.45, 7) is 3.88. The zero-order valence-electron chi connectivity index (χ0n) is 8.96. The molecule has 4 heteroatoms. The van der Waals surface area contributed by atoms with Gasteiger partial charge in [-0.3, -0.25) is 9.69 Å². The number of nitrogens with two attached hydrogens (primary N) is 2. The average Bonchev–Trinajstić information content (AvgIpc) is 2.63. The molecular weight excluding hydrogens is 178 g/mol. The van der Waals surface area contributed by atoms with E-state index in [1.165, 1.54) is 12.8 Å². The minimum atomic E-state index is -0.258. The number of rotatable bonds is 5. The number of primary amides is 1. The highest BCUT2D eigenvalue weighted by atomic mass is 16.1. The Balaban J connectivity index is 2.68. The van der Waals surface area contributed by atoms with E-state index < -0.39 is 0 Å². The van der Waals surface area contributed by atoms with E-state index in [1.54, 1.807) is 0 Å². The third-order valence-corrected chi connectivity index (χ3v) is 3.31. The molecule has 1 rings (SSSR count). The molecule has 1 saturated carbocycles.